The topological polar surface area (TPSA) is 34.9 Å². The third kappa shape index (κ3) is 2.03. The Kier molecular flexibility index (Phi) is 3.15. The van der Waals surface area contributed by atoms with Crippen LogP contribution in [0.25, 0.3) is 10.9 Å². The molecule has 2 aromatic heterocycles. The second-order valence-electron chi connectivity index (χ2n) is 3.60. The summed E-state index contributed by atoms with van der Waals surface area (Å²) in [6, 6.07) is 5.34. The molecule has 0 aromatic carbocycles. The minimum absolute atomic E-state index is 0.0150. The fraction of sp³-hybridized carbons (Fsp3) is 0.231. The highest BCUT2D eigenvalue weighted by Crippen LogP contribution is 2.09. The lowest BCUT2D eigenvalue weighted by atomic mass is 10.2. The van der Waals surface area contributed by atoms with Crippen molar-refractivity contribution in [1.29, 1.82) is 0 Å². The van der Waals surface area contributed by atoms with Gasteiger partial charge in [-0.15, -0.1) is 0 Å². The molecule has 0 saturated carbocycles. The highest BCUT2D eigenvalue weighted by Gasteiger charge is 2.00. The summed E-state index contributed by atoms with van der Waals surface area (Å²) in [7, 11) is 0. The van der Waals surface area contributed by atoms with Crippen molar-refractivity contribution in [3.63, 3.8) is 0 Å². The molecule has 0 aliphatic carbocycles. The molecule has 0 spiro atoms. The zero-order valence-corrected chi connectivity index (χ0v) is 9.26. The van der Waals surface area contributed by atoms with Crippen LogP contribution in [0.1, 0.15) is 13.3 Å². The van der Waals surface area contributed by atoms with Crippen LogP contribution < -0.4 is 5.56 Å². The molecule has 16 heavy (non-hydrogen) atoms. The third-order valence-corrected chi connectivity index (χ3v) is 2.49. The van der Waals surface area contributed by atoms with Gasteiger partial charge in [-0.05, 0) is 18.6 Å². The Morgan fingerprint density at radius 1 is 1.31 bits per heavy atom. The van der Waals surface area contributed by atoms with E-state index in [0.29, 0.717) is 6.54 Å². The Labute approximate surface area is 94.1 Å². The number of hydrogen-bond donors (Lipinski definition) is 0. The monoisotopic (exact) mass is 214 g/mol. The van der Waals surface area contributed by atoms with Gasteiger partial charge in [0.05, 0.1) is 11.7 Å². The van der Waals surface area contributed by atoms with Crippen molar-refractivity contribution in [3.8, 4) is 0 Å². The molecule has 3 heteroatoms. The van der Waals surface area contributed by atoms with E-state index in [1.807, 2.05) is 18.2 Å². The van der Waals surface area contributed by atoms with Gasteiger partial charge in [0.2, 0.25) is 0 Å². The Bertz CT molecular complexity index is 569. The van der Waals surface area contributed by atoms with Crippen molar-refractivity contribution in [2.24, 2.45) is 0 Å². The van der Waals surface area contributed by atoms with E-state index in [-0.39, 0.29) is 5.56 Å². The molecule has 0 unspecified atom stereocenters. The van der Waals surface area contributed by atoms with Crippen molar-refractivity contribution in [2.45, 2.75) is 19.9 Å². The predicted octanol–water partition coefficient (Wildman–Crippen LogP) is 2.36. The third-order valence-electron chi connectivity index (χ3n) is 2.49. The van der Waals surface area contributed by atoms with Gasteiger partial charge in [-0.25, -0.2) is 0 Å². The van der Waals surface area contributed by atoms with Gasteiger partial charge < -0.3 is 4.57 Å². The number of pyridine rings is 2. The molecule has 0 N–H and O–H groups in total. The smallest absolute Gasteiger partial charge is 0.251 e. The van der Waals surface area contributed by atoms with E-state index in [0.717, 1.165) is 17.3 Å². The summed E-state index contributed by atoms with van der Waals surface area (Å²) in [6.45, 7) is 2.68. The van der Waals surface area contributed by atoms with Crippen LogP contribution in [0.3, 0.4) is 0 Å². The zero-order chi connectivity index (χ0) is 11.4. The molecule has 0 amide bonds. The second-order valence-corrected chi connectivity index (χ2v) is 3.60. The fourth-order valence-corrected chi connectivity index (χ4v) is 1.67. The molecule has 2 heterocycles. The standard InChI is InChI=1S/C13H14N2O/c1-2-3-4-9-15-12-10-14-8-7-11(12)5-6-13(15)16/h3-8,10H,2,9H2,1H3. The van der Waals surface area contributed by atoms with Gasteiger partial charge in [0.1, 0.15) is 0 Å². The Morgan fingerprint density at radius 3 is 3.00 bits per heavy atom. The van der Waals surface area contributed by atoms with E-state index in [2.05, 4.69) is 18.0 Å². The predicted molar refractivity (Wildman–Crippen MR) is 65.4 cm³/mol. The molecule has 2 rings (SSSR count). The summed E-state index contributed by atoms with van der Waals surface area (Å²) in [5.41, 5.74) is 0.900. The van der Waals surface area contributed by atoms with E-state index < -0.39 is 0 Å². The molecule has 2 aromatic rings. The van der Waals surface area contributed by atoms with Crippen LogP contribution >= 0.6 is 0 Å². The van der Waals surface area contributed by atoms with Gasteiger partial charge in [0, 0.05) is 24.2 Å². The van der Waals surface area contributed by atoms with Crippen molar-refractivity contribution < 1.29 is 0 Å². The summed E-state index contributed by atoms with van der Waals surface area (Å²) in [5, 5.41) is 1.04. The number of allylic oxidation sites excluding steroid dienone is 2. The normalized spacial score (nSPS) is 11.3. The van der Waals surface area contributed by atoms with E-state index in [1.165, 1.54) is 0 Å². The summed E-state index contributed by atoms with van der Waals surface area (Å²) in [4.78, 5) is 15.8. The van der Waals surface area contributed by atoms with Crippen LogP contribution in [0.5, 0.6) is 0 Å². The Balaban J connectivity index is 2.53. The van der Waals surface area contributed by atoms with Crippen LogP contribution in [-0.4, -0.2) is 9.55 Å². The first kappa shape index (κ1) is 10.6. The van der Waals surface area contributed by atoms with Crippen molar-refractivity contribution >= 4 is 10.9 Å². The molecular weight excluding hydrogens is 200 g/mol. The summed E-state index contributed by atoms with van der Waals surface area (Å²) >= 11 is 0. The number of fused-ring (bicyclic) bond motifs is 1. The average molecular weight is 214 g/mol. The molecule has 0 bridgehead atoms. The van der Waals surface area contributed by atoms with E-state index >= 15 is 0 Å². The molecule has 0 aliphatic rings. The first-order valence-corrected chi connectivity index (χ1v) is 5.41. The number of nitrogens with zero attached hydrogens (tertiary/aromatic N) is 2. The lowest BCUT2D eigenvalue weighted by Crippen LogP contribution is -2.18. The van der Waals surface area contributed by atoms with Crippen molar-refractivity contribution in [3.05, 3.63) is 53.1 Å². The van der Waals surface area contributed by atoms with Crippen LogP contribution in [0.15, 0.2) is 47.5 Å². The van der Waals surface area contributed by atoms with Crippen LogP contribution in [0.2, 0.25) is 0 Å². The van der Waals surface area contributed by atoms with Gasteiger partial charge in [0.25, 0.3) is 5.56 Å². The van der Waals surface area contributed by atoms with Gasteiger partial charge >= 0.3 is 0 Å². The summed E-state index contributed by atoms with van der Waals surface area (Å²) < 4.78 is 1.73. The highest BCUT2D eigenvalue weighted by molar-refractivity contribution is 5.77. The van der Waals surface area contributed by atoms with Crippen LogP contribution in [0, 0.1) is 0 Å². The van der Waals surface area contributed by atoms with E-state index in [4.69, 9.17) is 0 Å². The quantitative estimate of drug-likeness (QED) is 0.735. The Morgan fingerprint density at radius 2 is 2.19 bits per heavy atom. The molecule has 0 fully saturated rings. The van der Waals surface area contributed by atoms with Crippen LogP contribution in [-0.2, 0) is 6.54 Å². The average Bonchev–Trinajstić information content (AvgIpc) is 2.32. The molecule has 0 saturated heterocycles. The van der Waals surface area contributed by atoms with Gasteiger partial charge in [-0.1, -0.05) is 19.1 Å². The zero-order valence-electron chi connectivity index (χ0n) is 9.26. The number of aromatic nitrogens is 2. The maximum Gasteiger partial charge on any atom is 0.251 e. The van der Waals surface area contributed by atoms with Crippen molar-refractivity contribution in [1.82, 2.24) is 9.55 Å². The SMILES string of the molecule is CCC=CCn1c(=O)ccc2ccncc21. The second kappa shape index (κ2) is 4.75. The summed E-state index contributed by atoms with van der Waals surface area (Å²) in [5.74, 6) is 0. The molecule has 0 atom stereocenters. The molecular formula is C13H14N2O. The van der Waals surface area contributed by atoms with Crippen molar-refractivity contribution in [2.75, 3.05) is 0 Å². The van der Waals surface area contributed by atoms with Gasteiger partial charge in [-0.2, -0.15) is 0 Å². The van der Waals surface area contributed by atoms with E-state index in [1.54, 1.807) is 23.0 Å². The van der Waals surface area contributed by atoms with E-state index in [9.17, 15) is 4.79 Å². The number of rotatable bonds is 3. The Hall–Kier alpha value is -1.90. The van der Waals surface area contributed by atoms with Crippen LogP contribution in [0.4, 0.5) is 0 Å². The lowest BCUT2D eigenvalue weighted by molar-refractivity contribution is 0.812. The van der Waals surface area contributed by atoms with Gasteiger partial charge in [-0.3, -0.25) is 9.78 Å². The van der Waals surface area contributed by atoms with Gasteiger partial charge in [0.15, 0.2) is 0 Å². The number of hydrogen-bond acceptors (Lipinski definition) is 2. The lowest BCUT2D eigenvalue weighted by Gasteiger charge is -2.06. The largest absolute Gasteiger partial charge is 0.303 e. The first-order valence-electron chi connectivity index (χ1n) is 5.41. The maximum atomic E-state index is 11.7. The first-order chi connectivity index (χ1) is 7.83. The molecule has 82 valence electrons. The minimum atomic E-state index is 0.0150. The molecule has 0 radical (unpaired) electrons. The molecule has 3 nitrogen and oxygen atoms in total. The highest BCUT2D eigenvalue weighted by atomic mass is 16.1. The maximum absolute atomic E-state index is 11.7. The molecule has 0 aliphatic heterocycles. The fourth-order valence-electron chi connectivity index (χ4n) is 1.67. The minimum Gasteiger partial charge on any atom is -0.303 e. The summed E-state index contributed by atoms with van der Waals surface area (Å²) in [6.07, 6.45) is 8.52.